The summed E-state index contributed by atoms with van der Waals surface area (Å²) in [5, 5.41) is 11.9. The third-order valence-electron chi connectivity index (χ3n) is 3.93. The lowest BCUT2D eigenvalue weighted by Gasteiger charge is -2.22. The van der Waals surface area contributed by atoms with E-state index in [2.05, 4.69) is 6.08 Å². The van der Waals surface area contributed by atoms with E-state index in [4.69, 9.17) is 11.6 Å². The summed E-state index contributed by atoms with van der Waals surface area (Å²) in [6.07, 6.45) is 4.99. The number of hydrogen-bond donors (Lipinski definition) is 0. The molecule has 1 aromatic carbocycles. The molecule has 0 saturated heterocycles. The summed E-state index contributed by atoms with van der Waals surface area (Å²) in [4.78, 5) is 11.1. The van der Waals surface area contributed by atoms with E-state index in [9.17, 15) is 10.1 Å². The van der Waals surface area contributed by atoms with Crippen LogP contribution in [0.5, 0.6) is 0 Å². The van der Waals surface area contributed by atoms with Gasteiger partial charge in [0.2, 0.25) is 6.04 Å². The van der Waals surface area contributed by atoms with Gasteiger partial charge in [-0.05, 0) is 24.0 Å². The van der Waals surface area contributed by atoms with Crippen LogP contribution in [0.3, 0.4) is 0 Å². The Bertz CT molecular complexity index is 500. The average molecular weight is 250 g/mol. The molecule has 3 nitrogen and oxygen atoms in total. The normalized spacial score (nSPS) is 34.2. The number of nitro groups is 1. The summed E-state index contributed by atoms with van der Waals surface area (Å²) < 4.78 is 0. The molecule has 17 heavy (non-hydrogen) atoms. The summed E-state index contributed by atoms with van der Waals surface area (Å²) >= 11 is 6.16. The fraction of sp³-hybridized carbons (Fsp3) is 0.385. The van der Waals surface area contributed by atoms with Crippen LogP contribution in [-0.4, -0.2) is 11.0 Å². The van der Waals surface area contributed by atoms with Gasteiger partial charge in [-0.15, -0.1) is 0 Å². The van der Waals surface area contributed by atoms with E-state index in [0.717, 1.165) is 12.0 Å². The van der Waals surface area contributed by atoms with Crippen LogP contribution < -0.4 is 0 Å². The molecule has 1 aromatic rings. The molecule has 88 valence electrons. The minimum Gasteiger partial charge on any atom is -0.264 e. The molecule has 1 saturated carbocycles. The smallest absolute Gasteiger partial charge is 0.226 e. The van der Waals surface area contributed by atoms with Crippen molar-refractivity contribution in [3.63, 3.8) is 0 Å². The molecule has 2 aliphatic rings. The highest BCUT2D eigenvalue weighted by Crippen LogP contribution is 2.51. The van der Waals surface area contributed by atoms with E-state index in [1.165, 1.54) is 0 Å². The van der Waals surface area contributed by atoms with Crippen molar-refractivity contribution in [2.24, 2.45) is 11.8 Å². The molecule has 0 spiro atoms. The lowest BCUT2D eigenvalue weighted by Crippen LogP contribution is -2.31. The van der Waals surface area contributed by atoms with E-state index in [0.29, 0.717) is 5.02 Å². The Labute approximate surface area is 104 Å². The molecule has 2 bridgehead atoms. The Morgan fingerprint density at radius 2 is 1.94 bits per heavy atom. The van der Waals surface area contributed by atoms with Gasteiger partial charge in [0, 0.05) is 15.9 Å². The van der Waals surface area contributed by atoms with Crippen LogP contribution in [0.4, 0.5) is 0 Å². The Morgan fingerprint density at radius 3 is 2.65 bits per heavy atom. The topological polar surface area (TPSA) is 43.1 Å². The highest BCUT2D eigenvalue weighted by Gasteiger charge is 2.52. The van der Waals surface area contributed by atoms with Crippen molar-refractivity contribution in [1.29, 1.82) is 0 Å². The molecule has 0 aromatic heterocycles. The Morgan fingerprint density at radius 1 is 1.24 bits per heavy atom. The molecule has 0 amide bonds. The van der Waals surface area contributed by atoms with Gasteiger partial charge in [-0.3, -0.25) is 10.1 Å². The first-order chi connectivity index (χ1) is 8.18. The van der Waals surface area contributed by atoms with E-state index < -0.39 is 6.04 Å². The van der Waals surface area contributed by atoms with Crippen LogP contribution in [0.15, 0.2) is 36.4 Å². The number of benzene rings is 1. The van der Waals surface area contributed by atoms with Crippen LogP contribution in [0.1, 0.15) is 17.9 Å². The maximum absolute atomic E-state index is 11.2. The molecule has 0 radical (unpaired) electrons. The van der Waals surface area contributed by atoms with Crippen molar-refractivity contribution in [2.75, 3.05) is 0 Å². The molecule has 0 N–H and O–H groups in total. The van der Waals surface area contributed by atoms with Gasteiger partial charge in [-0.2, -0.15) is 0 Å². The number of halogens is 1. The van der Waals surface area contributed by atoms with Crippen molar-refractivity contribution in [2.45, 2.75) is 18.4 Å². The number of nitrogens with zero attached hydrogens (tertiary/aromatic N) is 1. The summed E-state index contributed by atoms with van der Waals surface area (Å²) in [6, 6.07) is 6.97. The number of hydrogen-bond acceptors (Lipinski definition) is 2. The number of fused-ring (bicyclic) bond motifs is 2. The minimum absolute atomic E-state index is 0.0614. The monoisotopic (exact) mass is 249 g/mol. The molecule has 4 atom stereocenters. The van der Waals surface area contributed by atoms with Gasteiger partial charge in [0.25, 0.3) is 0 Å². The van der Waals surface area contributed by atoms with Gasteiger partial charge < -0.3 is 0 Å². The summed E-state index contributed by atoms with van der Waals surface area (Å²) in [7, 11) is 0. The standard InChI is InChI=1S/C13H12ClNO2/c14-11-4-2-1-3-10(11)12-8-5-6-9(7-8)13(12)15(16)17/h1-6,8-9,12-13H,7H2/t8-,9+,12+,13+/m1/s1. The molecular weight excluding hydrogens is 238 g/mol. The van der Waals surface area contributed by atoms with E-state index in [1.54, 1.807) is 0 Å². The van der Waals surface area contributed by atoms with Gasteiger partial charge >= 0.3 is 0 Å². The van der Waals surface area contributed by atoms with E-state index in [1.807, 2.05) is 30.3 Å². The zero-order valence-electron chi connectivity index (χ0n) is 9.12. The predicted octanol–water partition coefficient (Wildman–Crippen LogP) is 3.27. The van der Waals surface area contributed by atoms with Crippen LogP contribution in [-0.2, 0) is 0 Å². The Hall–Kier alpha value is -1.35. The molecule has 3 rings (SSSR count). The SMILES string of the molecule is O=[N+]([O-])[C@@H]1[C@H](c2ccccc2Cl)[C@@H]2C=C[C@H]1C2. The van der Waals surface area contributed by atoms with Crippen molar-refractivity contribution in [1.82, 2.24) is 0 Å². The average Bonchev–Trinajstić information content (AvgIpc) is 2.89. The van der Waals surface area contributed by atoms with Gasteiger partial charge in [0.05, 0.1) is 5.92 Å². The first-order valence-corrected chi connectivity index (χ1v) is 6.12. The molecule has 0 unspecified atom stereocenters. The minimum atomic E-state index is -0.509. The largest absolute Gasteiger partial charge is 0.264 e. The van der Waals surface area contributed by atoms with Crippen LogP contribution >= 0.6 is 11.6 Å². The molecule has 4 heteroatoms. The third kappa shape index (κ3) is 1.57. The second-order valence-corrected chi connectivity index (χ2v) is 5.18. The van der Waals surface area contributed by atoms with Gasteiger partial charge in [0.1, 0.15) is 0 Å². The van der Waals surface area contributed by atoms with Crippen LogP contribution in [0, 0.1) is 22.0 Å². The quantitative estimate of drug-likeness (QED) is 0.459. The first-order valence-electron chi connectivity index (χ1n) is 5.74. The van der Waals surface area contributed by atoms with Gasteiger partial charge in [0.15, 0.2) is 0 Å². The Kier molecular flexibility index (Phi) is 2.44. The summed E-state index contributed by atoms with van der Waals surface area (Å²) in [5.41, 5.74) is 0.924. The molecule has 0 heterocycles. The molecule has 2 aliphatic carbocycles. The zero-order valence-corrected chi connectivity index (χ0v) is 9.88. The molecular formula is C13H12ClNO2. The van der Waals surface area contributed by atoms with Crippen LogP contribution in [0.25, 0.3) is 0 Å². The van der Waals surface area contributed by atoms with E-state index in [-0.39, 0.29) is 22.7 Å². The van der Waals surface area contributed by atoms with Crippen molar-refractivity contribution < 1.29 is 4.92 Å². The lowest BCUT2D eigenvalue weighted by molar-refractivity contribution is -0.530. The first kappa shape index (κ1) is 10.8. The van der Waals surface area contributed by atoms with Crippen LogP contribution in [0.2, 0.25) is 5.02 Å². The Balaban J connectivity index is 2.05. The van der Waals surface area contributed by atoms with E-state index >= 15 is 0 Å². The zero-order chi connectivity index (χ0) is 12.0. The van der Waals surface area contributed by atoms with Crippen molar-refractivity contribution >= 4 is 11.6 Å². The maximum Gasteiger partial charge on any atom is 0.226 e. The second kappa shape index (κ2) is 3.84. The highest BCUT2D eigenvalue weighted by molar-refractivity contribution is 6.31. The molecule has 1 fully saturated rings. The molecule has 0 aliphatic heterocycles. The summed E-state index contributed by atoms with van der Waals surface area (Å²) in [6.45, 7) is 0. The number of allylic oxidation sites excluding steroid dienone is 1. The second-order valence-electron chi connectivity index (χ2n) is 4.77. The highest BCUT2D eigenvalue weighted by atomic mass is 35.5. The fourth-order valence-electron chi connectivity index (χ4n) is 3.24. The summed E-state index contributed by atoms with van der Waals surface area (Å²) in [5.74, 6) is 0.292. The van der Waals surface area contributed by atoms with Gasteiger partial charge in [-0.1, -0.05) is 42.0 Å². The van der Waals surface area contributed by atoms with Crippen molar-refractivity contribution in [3.8, 4) is 0 Å². The predicted molar refractivity (Wildman–Crippen MR) is 65.7 cm³/mol. The van der Waals surface area contributed by atoms with Crippen molar-refractivity contribution in [3.05, 3.63) is 57.1 Å². The fourth-order valence-corrected chi connectivity index (χ4v) is 3.51. The number of rotatable bonds is 2. The van der Waals surface area contributed by atoms with Gasteiger partial charge in [-0.25, -0.2) is 0 Å². The lowest BCUT2D eigenvalue weighted by atomic mass is 9.83. The third-order valence-corrected chi connectivity index (χ3v) is 4.27. The maximum atomic E-state index is 11.2.